The molecule has 0 unspecified atom stereocenters. The van der Waals surface area contributed by atoms with Gasteiger partial charge in [0.15, 0.2) is 0 Å². The summed E-state index contributed by atoms with van der Waals surface area (Å²) in [5, 5.41) is 2.77. The predicted molar refractivity (Wildman–Crippen MR) is 91.0 cm³/mol. The number of nitrogens with one attached hydrogen (secondary N) is 1. The van der Waals surface area contributed by atoms with E-state index in [1.807, 2.05) is 6.92 Å². The van der Waals surface area contributed by atoms with Gasteiger partial charge >= 0.3 is 0 Å². The zero-order chi connectivity index (χ0) is 16.3. The highest BCUT2D eigenvalue weighted by Gasteiger charge is 2.13. The monoisotopic (exact) mass is 337 g/mol. The Morgan fingerprint density at radius 3 is 2.48 bits per heavy atom. The molecular formula is C16H20ClN3O3. The summed E-state index contributed by atoms with van der Waals surface area (Å²) in [6.45, 7) is 2.07. The molecule has 0 fully saturated rings. The zero-order valence-electron chi connectivity index (χ0n) is 13.3. The first-order valence-corrected chi connectivity index (χ1v) is 6.83. The van der Waals surface area contributed by atoms with Crippen LogP contribution in [0.4, 0.5) is 5.69 Å². The molecular weight excluding hydrogens is 318 g/mol. The van der Waals surface area contributed by atoms with Gasteiger partial charge < -0.3 is 20.4 Å². The third-order valence-electron chi connectivity index (χ3n) is 3.24. The van der Waals surface area contributed by atoms with Crippen molar-refractivity contribution in [3.05, 3.63) is 53.0 Å². The van der Waals surface area contributed by atoms with Crippen molar-refractivity contribution in [2.24, 2.45) is 5.73 Å². The van der Waals surface area contributed by atoms with Crippen LogP contribution in [0.3, 0.4) is 0 Å². The minimum Gasteiger partial charge on any atom is -0.467 e. The second-order valence-electron chi connectivity index (χ2n) is 5.19. The minimum absolute atomic E-state index is 0. The van der Waals surface area contributed by atoms with Crippen LogP contribution in [0.25, 0.3) is 0 Å². The van der Waals surface area contributed by atoms with Gasteiger partial charge in [-0.1, -0.05) is 0 Å². The number of nitrogens with two attached hydrogens (primary N) is 1. The van der Waals surface area contributed by atoms with Crippen molar-refractivity contribution in [2.75, 3.05) is 19.4 Å². The van der Waals surface area contributed by atoms with Crippen LogP contribution >= 0.6 is 12.4 Å². The zero-order valence-corrected chi connectivity index (χ0v) is 14.1. The van der Waals surface area contributed by atoms with Gasteiger partial charge in [0, 0.05) is 25.3 Å². The normalized spacial score (nSPS) is 9.91. The van der Waals surface area contributed by atoms with Crippen LogP contribution in [0.15, 0.2) is 34.9 Å². The van der Waals surface area contributed by atoms with Crippen LogP contribution in [-0.2, 0) is 6.54 Å². The van der Waals surface area contributed by atoms with E-state index in [9.17, 15) is 9.59 Å². The second-order valence-corrected chi connectivity index (χ2v) is 5.19. The summed E-state index contributed by atoms with van der Waals surface area (Å²) in [6.07, 6.45) is 1.37. The molecule has 0 saturated heterocycles. The average Bonchev–Trinajstić information content (AvgIpc) is 2.95. The molecule has 0 atom stereocenters. The summed E-state index contributed by atoms with van der Waals surface area (Å²) in [5.41, 5.74) is 7.88. The Hall–Kier alpha value is -2.31. The molecule has 1 aromatic carbocycles. The van der Waals surface area contributed by atoms with Crippen molar-refractivity contribution in [2.45, 2.75) is 13.5 Å². The lowest BCUT2D eigenvalue weighted by atomic mass is 10.1. The maximum absolute atomic E-state index is 12.1. The van der Waals surface area contributed by atoms with Crippen LogP contribution < -0.4 is 11.1 Å². The molecule has 0 aliphatic heterocycles. The number of nitrogens with zero attached hydrogens (tertiary/aromatic N) is 1. The number of anilines is 1. The number of amides is 2. The largest absolute Gasteiger partial charge is 0.467 e. The lowest BCUT2D eigenvalue weighted by Gasteiger charge is -2.13. The molecule has 6 nitrogen and oxygen atoms in total. The van der Waals surface area contributed by atoms with E-state index in [1.165, 1.54) is 11.2 Å². The smallest absolute Gasteiger partial charge is 0.258 e. The number of hydrogen-bond donors (Lipinski definition) is 2. The molecule has 7 heteroatoms. The third-order valence-corrected chi connectivity index (χ3v) is 3.24. The quantitative estimate of drug-likeness (QED) is 0.896. The minimum atomic E-state index is -0.283. The number of carbonyl (C=O) groups is 2. The molecule has 1 heterocycles. The molecule has 0 radical (unpaired) electrons. The fourth-order valence-electron chi connectivity index (χ4n) is 2.03. The number of carbonyl (C=O) groups excluding carboxylic acids is 2. The summed E-state index contributed by atoms with van der Waals surface area (Å²) >= 11 is 0. The summed E-state index contributed by atoms with van der Waals surface area (Å²) in [5.74, 6) is 0.195. The lowest BCUT2D eigenvalue weighted by molar-refractivity contribution is 0.0826. The molecule has 2 aromatic rings. The van der Waals surface area contributed by atoms with Gasteiger partial charge in [-0.25, -0.2) is 0 Å². The van der Waals surface area contributed by atoms with Crippen molar-refractivity contribution >= 4 is 29.9 Å². The van der Waals surface area contributed by atoms with Gasteiger partial charge in [0.25, 0.3) is 11.8 Å². The first kappa shape index (κ1) is 18.7. The second kappa shape index (κ2) is 7.80. The van der Waals surface area contributed by atoms with E-state index in [2.05, 4.69) is 5.32 Å². The van der Waals surface area contributed by atoms with Crippen molar-refractivity contribution < 1.29 is 14.0 Å². The molecule has 2 amide bonds. The molecule has 0 aliphatic carbocycles. The number of hydrogen-bond acceptors (Lipinski definition) is 4. The van der Waals surface area contributed by atoms with E-state index in [1.54, 1.807) is 38.4 Å². The van der Waals surface area contributed by atoms with Gasteiger partial charge in [-0.05, 0) is 36.8 Å². The average molecular weight is 338 g/mol. The van der Waals surface area contributed by atoms with Crippen LogP contribution in [-0.4, -0.2) is 30.8 Å². The Labute approximate surface area is 141 Å². The maximum Gasteiger partial charge on any atom is 0.258 e. The van der Waals surface area contributed by atoms with Crippen molar-refractivity contribution in [3.8, 4) is 0 Å². The van der Waals surface area contributed by atoms with Crippen LogP contribution in [0.5, 0.6) is 0 Å². The van der Waals surface area contributed by atoms with Gasteiger partial charge in [-0.15, -0.1) is 12.4 Å². The van der Waals surface area contributed by atoms with Crippen molar-refractivity contribution in [1.29, 1.82) is 0 Å². The SMILES string of the molecule is Cc1cc(NC(=O)c2coc(CN)c2)ccc1C(=O)N(C)C.Cl. The lowest BCUT2D eigenvalue weighted by Crippen LogP contribution is -2.22. The highest BCUT2D eigenvalue weighted by atomic mass is 35.5. The van der Waals surface area contributed by atoms with E-state index in [-0.39, 0.29) is 30.8 Å². The molecule has 0 aliphatic rings. The van der Waals surface area contributed by atoms with Gasteiger partial charge in [-0.3, -0.25) is 9.59 Å². The highest BCUT2D eigenvalue weighted by molar-refractivity contribution is 6.04. The number of benzene rings is 1. The molecule has 0 saturated carbocycles. The van der Waals surface area contributed by atoms with Crippen LogP contribution in [0.1, 0.15) is 32.0 Å². The predicted octanol–water partition coefficient (Wildman–Crippen LogP) is 2.42. The molecule has 23 heavy (non-hydrogen) atoms. The third kappa shape index (κ3) is 4.34. The van der Waals surface area contributed by atoms with Crippen LogP contribution in [0, 0.1) is 6.92 Å². The fraction of sp³-hybridized carbons (Fsp3) is 0.250. The first-order valence-electron chi connectivity index (χ1n) is 6.83. The molecule has 1 aromatic heterocycles. The molecule has 3 N–H and O–H groups in total. The number of halogens is 1. The van der Waals surface area contributed by atoms with E-state index in [0.717, 1.165) is 5.56 Å². The first-order chi connectivity index (χ1) is 10.4. The van der Waals surface area contributed by atoms with E-state index < -0.39 is 0 Å². The Kier molecular flexibility index (Phi) is 6.36. The Balaban J connectivity index is 0.00000264. The standard InChI is InChI=1S/C16H19N3O3.ClH/c1-10-6-12(4-5-14(10)16(21)19(2)3)18-15(20)11-7-13(8-17)22-9-11;/h4-7,9H,8,17H2,1-3H3,(H,18,20);1H. The van der Waals surface area contributed by atoms with Crippen LogP contribution in [0.2, 0.25) is 0 Å². The van der Waals surface area contributed by atoms with E-state index in [4.69, 9.17) is 10.2 Å². The number of aryl methyl sites for hydroxylation is 1. The van der Waals surface area contributed by atoms with Crippen molar-refractivity contribution in [1.82, 2.24) is 4.90 Å². The topological polar surface area (TPSA) is 88.6 Å². The number of furan rings is 1. The maximum atomic E-state index is 12.1. The summed E-state index contributed by atoms with van der Waals surface area (Å²) in [6, 6.07) is 6.77. The molecule has 124 valence electrons. The van der Waals surface area contributed by atoms with Gasteiger partial charge in [-0.2, -0.15) is 0 Å². The summed E-state index contributed by atoms with van der Waals surface area (Å²) in [4.78, 5) is 25.6. The molecule has 0 bridgehead atoms. The van der Waals surface area contributed by atoms with E-state index >= 15 is 0 Å². The van der Waals surface area contributed by atoms with Crippen molar-refractivity contribution in [3.63, 3.8) is 0 Å². The summed E-state index contributed by atoms with van der Waals surface area (Å²) in [7, 11) is 3.40. The summed E-state index contributed by atoms with van der Waals surface area (Å²) < 4.78 is 5.14. The Morgan fingerprint density at radius 2 is 1.96 bits per heavy atom. The van der Waals surface area contributed by atoms with Gasteiger partial charge in [0.1, 0.15) is 12.0 Å². The van der Waals surface area contributed by atoms with Gasteiger partial charge in [0.2, 0.25) is 0 Å². The highest BCUT2D eigenvalue weighted by Crippen LogP contribution is 2.18. The molecule has 0 spiro atoms. The Bertz CT molecular complexity index is 710. The Morgan fingerprint density at radius 1 is 1.26 bits per heavy atom. The fourth-order valence-corrected chi connectivity index (χ4v) is 2.03. The number of rotatable bonds is 4. The van der Waals surface area contributed by atoms with Gasteiger partial charge in [0.05, 0.1) is 12.1 Å². The van der Waals surface area contributed by atoms with E-state index in [0.29, 0.717) is 22.6 Å². The molecule has 2 rings (SSSR count).